The molecule has 0 saturated carbocycles. The second-order valence-corrected chi connectivity index (χ2v) is 29.3. The van der Waals surface area contributed by atoms with Gasteiger partial charge in [0, 0.05) is 77.2 Å². The van der Waals surface area contributed by atoms with Crippen LogP contribution < -0.4 is 0 Å². The fourth-order valence-electron chi connectivity index (χ4n) is 17.1. The topological polar surface area (TPSA) is 29.6 Å². The molecule has 0 N–H and O–H groups in total. The van der Waals surface area contributed by atoms with E-state index in [4.69, 9.17) is 0 Å². The standard InChI is InChI=1S/C58H38N4.C50H36N2/c1-5-17-39(18-6-1)55-33-41-35-58-42(36-57(41)61(55)45-29-31-53-49(37-45)47-25-13-15-27-51(47)59(53)43-21-9-3-10-22-43)34-56(40-19-7-2-8-20-40)62(58)46-30-32-54-50(38-46)48-26-14-16-28-52(48)60(54)44-23-11-4-12-24-44;1-5-13-37(14-6-1)21-23-39-25-29-45(30-26-39)51-47(41-17-9-3-10-18-41)33-43-36-50-44(35-49(43)51)34-48(42-19-11-4-12-20-42)52(50)46-31-27-40(28-32-46)24-22-38-15-7-2-8-16-38/h1-38H;1-36H/b;23-21+,24-22+. The maximum absolute atomic E-state index is 2.46. The molecule has 0 fully saturated rings. The average molecular weight is 1460 g/mol. The van der Waals surface area contributed by atoms with Gasteiger partial charge in [0.2, 0.25) is 0 Å². The summed E-state index contributed by atoms with van der Waals surface area (Å²) in [4.78, 5) is 0. The molecule has 6 aromatic heterocycles. The van der Waals surface area contributed by atoms with Gasteiger partial charge in [-0.15, -0.1) is 0 Å². The summed E-state index contributed by atoms with van der Waals surface area (Å²) in [5.41, 5.74) is 30.4. The number of aromatic nitrogens is 6. The molecular weight excluding hydrogens is 1380 g/mol. The third-order valence-electron chi connectivity index (χ3n) is 22.4. The molecule has 0 unspecified atom stereocenters. The van der Waals surface area contributed by atoms with E-state index in [1.165, 1.54) is 143 Å². The lowest BCUT2D eigenvalue weighted by molar-refractivity contribution is 1.13. The van der Waals surface area contributed by atoms with Crippen LogP contribution >= 0.6 is 0 Å². The third-order valence-corrected chi connectivity index (χ3v) is 22.4. The van der Waals surface area contributed by atoms with E-state index in [9.17, 15) is 0 Å². The van der Waals surface area contributed by atoms with Gasteiger partial charge in [0.05, 0.1) is 66.9 Å². The first-order chi connectivity index (χ1) is 56.5. The maximum Gasteiger partial charge on any atom is 0.0542 e. The van der Waals surface area contributed by atoms with E-state index in [-0.39, 0.29) is 0 Å². The molecule has 0 aliphatic heterocycles. The number of para-hydroxylation sites is 4. The lowest BCUT2D eigenvalue weighted by Gasteiger charge is -2.14. The van der Waals surface area contributed by atoms with Crippen LogP contribution in [0.2, 0.25) is 0 Å². The molecule has 6 nitrogen and oxygen atoms in total. The number of hydrogen-bond donors (Lipinski definition) is 0. The zero-order valence-corrected chi connectivity index (χ0v) is 62.4. The molecular formula is C108H74N6. The summed E-state index contributed by atoms with van der Waals surface area (Å²) in [6, 6.07) is 153. The SMILES string of the molecule is C(=C\c1ccc(-n2c(-c3ccccc3)cc3cc4c(cc(-c5ccccc5)n4-c4ccc(/C=C/c5ccccc5)cc4)cc32)cc1)/c1ccccc1.c1ccc(-c2cc3cc4c(cc(-c5ccccc5)n4-c4ccc5c(c4)c4ccccc4n5-c4ccccc4)cc3n2-c2ccc3c(c2)c2ccccc2n3-c2ccccc2)cc1. The number of rotatable bonds is 14. The van der Waals surface area contributed by atoms with E-state index in [1.54, 1.807) is 0 Å². The van der Waals surface area contributed by atoms with Gasteiger partial charge in [-0.2, -0.15) is 0 Å². The highest BCUT2D eigenvalue weighted by Gasteiger charge is 2.24. The highest BCUT2D eigenvalue weighted by molar-refractivity contribution is 6.12. The molecule has 6 heteroatoms. The van der Waals surface area contributed by atoms with Gasteiger partial charge in [-0.05, 0) is 190 Å². The molecule has 22 aromatic rings. The van der Waals surface area contributed by atoms with Crippen LogP contribution in [0.25, 0.3) is 191 Å². The van der Waals surface area contributed by atoms with Crippen molar-refractivity contribution >= 4 is 112 Å². The predicted molar refractivity (Wildman–Crippen MR) is 481 cm³/mol. The van der Waals surface area contributed by atoms with Crippen LogP contribution in [0.1, 0.15) is 22.3 Å². The van der Waals surface area contributed by atoms with E-state index in [0.717, 1.165) is 45.5 Å². The summed E-state index contributed by atoms with van der Waals surface area (Å²) in [7, 11) is 0. The van der Waals surface area contributed by atoms with Crippen molar-refractivity contribution in [3.63, 3.8) is 0 Å². The molecule has 0 aliphatic carbocycles. The second-order valence-electron chi connectivity index (χ2n) is 29.3. The number of benzene rings is 16. The van der Waals surface area contributed by atoms with E-state index in [2.05, 4.69) is 464 Å². The lowest BCUT2D eigenvalue weighted by atomic mass is 10.1. The molecule has 0 spiro atoms. The quantitative estimate of drug-likeness (QED) is 0.0972. The van der Waals surface area contributed by atoms with Crippen molar-refractivity contribution in [2.24, 2.45) is 0 Å². The van der Waals surface area contributed by atoms with Gasteiger partial charge in [-0.25, -0.2) is 0 Å². The largest absolute Gasteiger partial charge is 0.309 e. The van der Waals surface area contributed by atoms with Gasteiger partial charge in [0.1, 0.15) is 0 Å². The van der Waals surface area contributed by atoms with Gasteiger partial charge in [0.15, 0.2) is 0 Å². The van der Waals surface area contributed by atoms with Crippen LogP contribution in [0, 0.1) is 0 Å². The monoisotopic (exact) mass is 1450 g/mol. The van der Waals surface area contributed by atoms with E-state index in [1.807, 2.05) is 12.1 Å². The maximum atomic E-state index is 2.46. The van der Waals surface area contributed by atoms with Crippen molar-refractivity contribution in [1.29, 1.82) is 0 Å². The second kappa shape index (κ2) is 28.6. The molecule has 0 amide bonds. The summed E-state index contributed by atoms with van der Waals surface area (Å²) >= 11 is 0. The predicted octanol–water partition coefficient (Wildman–Crippen LogP) is 28.4. The molecule has 22 rings (SSSR count). The first kappa shape index (κ1) is 66.9. The van der Waals surface area contributed by atoms with Gasteiger partial charge < -0.3 is 27.4 Å². The van der Waals surface area contributed by atoms with Crippen LogP contribution in [0.3, 0.4) is 0 Å². The Morgan fingerprint density at radius 3 is 0.675 bits per heavy atom. The Kier molecular flexibility index (Phi) is 16.8. The van der Waals surface area contributed by atoms with Crippen LogP contribution in [-0.2, 0) is 0 Å². The molecule has 0 bridgehead atoms. The first-order valence-electron chi connectivity index (χ1n) is 39.0. The summed E-state index contributed by atoms with van der Waals surface area (Å²) in [6.45, 7) is 0. The van der Waals surface area contributed by atoms with Gasteiger partial charge in [0.25, 0.3) is 0 Å². The van der Waals surface area contributed by atoms with Gasteiger partial charge >= 0.3 is 0 Å². The van der Waals surface area contributed by atoms with E-state index < -0.39 is 0 Å². The number of hydrogen-bond acceptors (Lipinski definition) is 0. The Labute approximate surface area is 660 Å². The van der Waals surface area contributed by atoms with Crippen molar-refractivity contribution in [3.05, 3.63) is 447 Å². The third kappa shape index (κ3) is 12.1. The number of nitrogens with zero attached hydrogens (tertiary/aromatic N) is 6. The summed E-state index contributed by atoms with van der Waals surface area (Å²) in [5, 5.41) is 9.69. The minimum Gasteiger partial charge on any atom is -0.309 e. The Bertz CT molecular complexity index is 6920. The molecule has 536 valence electrons. The van der Waals surface area contributed by atoms with Crippen LogP contribution in [0.15, 0.2) is 425 Å². The highest BCUT2D eigenvalue weighted by Crippen LogP contribution is 2.44. The smallest absolute Gasteiger partial charge is 0.0542 e. The van der Waals surface area contributed by atoms with Crippen molar-refractivity contribution in [2.45, 2.75) is 0 Å². The van der Waals surface area contributed by atoms with Crippen LogP contribution in [0.4, 0.5) is 0 Å². The molecule has 114 heavy (non-hydrogen) atoms. The van der Waals surface area contributed by atoms with Gasteiger partial charge in [-0.3, -0.25) is 0 Å². The van der Waals surface area contributed by atoms with Crippen molar-refractivity contribution < 1.29 is 0 Å². The van der Waals surface area contributed by atoms with Crippen molar-refractivity contribution in [1.82, 2.24) is 27.4 Å². The zero-order chi connectivity index (χ0) is 75.4. The normalized spacial score (nSPS) is 11.8. The van der Waals surface area contributed by atoms with E-state index >= 15 is 0 Å². The first-order valence-corrected chi connectivity index (χ1v) is 39.0. The number of fused-ring (bicyclic) bond motifs is 10. The molecule has 0 radical (unpaired) electrons. The fourth-order valence-corrected chi connectivity index (χ4v) is 17.1. The molecule has 0 saturated heterocycles. The zero-order valence-electron chi connectivity index (χ0n) is 62.4. The van der Waals surface area contributed by atoms with E-state index in [0.29, 0.717) is 0 Å². The van der Waals surface area contributed by atoms with Crippen molar-refractivity contribution in [2.75, 3.05) is 0 Å². The van der Waals surface area contributed by atoms with Gasteiger partial charge in [-0.1, -0.05) is 303 Å². The minimum atomic E-state index is 1.13. The average Bonchev–Trinajstić information content (AvgIpc) is 1.57. The Morgan fingerprint density at radius 1 is 0.140 bits per heavy atom. The highest BCUT2D eigenvalue weighted by atomic mass is 15.0. The minimum absolute atomic E-state index is 1.13. The fraction of sp³-hybridized carbons (Fsp3) is 0. The molecule has 6 heterocycles. The molecule has 0 atom stereocenters. The Morgan fingerprint density at radius 2 is 0.368 bits per heavy atom. The summed E-state index contributed by atoms with van der Waals surface area (Å²) in [5.74, 6) is 0. The Hall–Kier alpha value is -15.2. The van der Waals surface area contributed by atoms with Crippen LogP contribution in [0.5, 0.6) is 0 Å². The molecule has 0 aliphatic rings. The molecule has 16 aromatic carbocycles. The van der Waals surface area contributed by atoms with Crippen molar-refractivity contribution in [3.8, 4) is 79.2 Å². The van der Waals surface area contributed by atoms with Crippen LogP contribution in [-0.4, -0.2) is 27.4 Å². The summed E-state index contributed by atoms with van der Waals surface area (Å²) in [6.07, 6.45) is 8.68. The summed E-state index contributed by atoms with van der Waals surface area (Å²) < 4.78 is 14.5. The lowest BCUT2D eigenvalue weighted by Crippen LogP contribution is -1.98. The Balaban J connectivity index is 0.000000146.